The van der Waals surface area contributed by atoms with Crippen LogP contribution in [0.3, 0.4) is 0 Å². The number of ether oxygens (including phenoxy) is 3. The highest BCUT2D eigenvalue weighted by Crippen LogP contribution is 2.45. The molecule has 22 heteroatoms. The number of fused-ring (bicyclic) bond motifs is 4. The second-order valence-electron chi connectivity index (χ2n) is 21.4. The van der Waals surface area contributed by atoms with Crippen molar-refractivity contribution in [3.8, 4) is 5.69 Å². The van der Waals surface area contributed by atoms with E-state index in [4.69, 9.17) is 39.9 Å². The van der Waals surface area contributed by atoms with Crippen LogP contribution in [-0.4, -0.2) is 129 Å². The van der Waals surface area contributed by atoms with Crippen molar-refractivity contribution in [3.63, 3.8) is 0 Å². The van der Waals surface area contributed by atoms with Crippen molar-refractivity contribution in [1.29, 1.82) is 0 Å². The van der Waals surface area contributed by atoms with Crippen molar-refractivity contribution in [3.05, 3.63) is 115 Å². The predicted octanol–water partition coefficient (Wildman–Crippen LogP) is 10.7. The summed E-state index contributed by atoms with van der Waals surface area (Å²) in [5.41, 5.74) is 10.4. The fraction of sp³-hybridized carbons (Fsp3) is 0.421. The van der Waals surface area contributed by atoms with Crippen molar-refractivity contribution in [1.82, 2.24) is 58.8 Å². The number of alkyl carbamates (subject to hydrolysis) is 1. The Labute approximate surface area is 477 Å². The first-order chi connectivity index (χ1) is 37.3. The van der Waals surface area contributed by atoms with Crippen molar-refractivity contribution in [2.45, 2.75) is 125 Å². The number of imidazole rings is 2. The number of hydrogen-bond acceptors (Lipinski definition) is 17. The van der Waals surface area contributed by atoms with Gasteiger partial charge in [0.2, 0.25) is 11.9 Å². The Morgan fingerprint density at radius 3 is 1.81 bits per heavy atom. The first-order valence-corrected chi connectivity index (χ1v) is 28.4. The van der Waals surface area contributed by atoms with Crippen LogP contribution < -0.4 is 20.9 Å². The van der Waals surface area contributed by atoms with Crippen LogP contribution in [0.2, 0.25) is 0 Å². The fourth-order valence-electron chi connectivity index (χ4n) is 11.5. The lowest BCUT2D eigenvalue weighted by molar-refractivity contribution is 0.0434. The first-order valence-electron chi connectivity index (χ1n) is 26.0. The second-order valence-corrected chi connectivity index (χ2v) is 24.5. The van der Waals surface area contributed by atoms with Crippen LogP contribution in [0.4, 0.5) is 16.7 Å². The molecule has 4 aliphatic rings. The highest BCUT2D eigenvalue weighted by atomic mass is 79.9. The van der Waals surface area contributed by atoms with Gasteiger partial charge in [0.1, 0.15) is 18.3 Å². The summed E-state index contributed by atoms with van der Waals surface area (Å²) in [7, 11) is 0. The number of piperidine rings is 2. The number of carbonyl (C=O) groups is 1. The van der Waals surface area contributed by atoms with Crippen LogP contribution in [0.25, 0.3) is 38.8 Å². The molecule has 11 heterocycles. The highest BCUT2D eigenvalue weighted by molar-refractivity contribution is 9.10. The number of nitrogens with zero attached hydrogens (tertiary/aromatic N) is 13. The fourth-order valence-corrected chi connectivity index (χ4v) is 13.9. The molecule has 13 rings (SSSR count). The van der Waals surface area contributed by atoms with Gasteiger partial charge in [-0.1, -0.05) is 62.6 Å². The summed E-state index contributed by atoms with van der Waals surface area (Å²) < 4.78 is 24.4. The molecular weight excluding hydrogens is 1100 g/mol. The molecule has 1 amide bonds. The average molecular weight is 1170 g/mol. The second kappa shape index (κ2) is 22.6. The third kappa shape index (κ3) is 10.7. The van der Waals surface area contributed by atoms with Crippen molar-refractivity contribution < 1.29 is 19.0 Å². The van der Waals surface area contributed by atoms with E-state index in [1.54, 1.807) is 34.5 Å². The maximum absolute atomic E-state index is 12.6. The van der Waals surface area contributed by atoms with Crippen molar-refractivity contribution in [2.24, 2.45) is 16.6 Å². The molecule has 414 valence electrons. The van der Waals surface area contributed by atoms with Gasteiger partial charge in [0.05, 0.1) is 58.0 Å². The Morgan fingerprint density at radius 1 is 0.709 bits per heavy atom. The van der Waals surface area contributed by atoms with E-state index in [9.17, 15) is 4.79 Å². The zero-order valence-corrected chi connectivity index (χ0v) is 46.7. The van der Waals surface area contributed by atoms with E-state index in [-0.39, 0.29) is 56.1 Å². The first kappa shape index (κ1) is 55.9. The lowest BCUT2D eigenvalue weighted by atomic mass is 9.73. The van der Waals surface area contributed by atoms with Gasteiger partial charge in [0.15, 0.2) is 11.3 Å². The molecule has 0 unspecified atom stereocenters. The summed E-state index contributed by atoms with van der Waals surface area (Å²) in [5, 5.41) is 9.54. The molecule has 4 saturated heterocycles. The molecule has 0 bridgehead atoms. The Bertz CT molecular complexity index is 3610. The lowest BCUT2D eigenvalue weighted by Gasteiger charge is -2.43. The molecule has 2 aromatic carbocycles. The molecule has 19 nitrogen and oxygen atoms in total. The minimum absolute atomic E-state index is 0. The minimum Gasteiger partial charge on any atom is -0.444 e. The number of pyridine rings is 2. The quantitative estimate of drug-likeness (QED) is 0.145. The molecule has 7 aromatic heterocycles. The monoisotopic (exact) mass is 1170 g/mol. The third-order valence-electron chi connectivity index (χ3n) is 15.6. The summed E-state index contributed by atoms with van der Waals surface area (Å²) in [4.78, 5) is 53.9. The Balaban J connectivity index is 0.000000174. The van der Waals surface area contributed by atoms with E-state index in [1.165, 1.54) is 6.33 Å². The van der Waals surface area contributed by atoms with Crippen LogP contribution in [0.15, 0.2) is 135 Å². The summed E-state index contributed by atoms with van der Waals surface area (Å²) in [6, 6.07) is 16.3. The van der Waals surface area contributed by atoms with Crippen molar-refractivity contribution in [2.75, 3.05) is 49.2 Å². The Morgan fingerprint density at radius 2 is 1.25 bits per heavy atom. The minimum atomic E-state index is -0.545. The summed E-state index contributed by atoms with van der Waals surface area (Å²) in [6.45, 7) is 14.5. The van der Waals surface area contributed by atoms with E-state index >= 15 is 0 Å². The third-order valence-corrected chi connectivity index (χ3v) is 18.4. The Kier molecular flexibility index (Phi) is 16.0. The van der Waals surface area contributed by atoms with E-state index in [2.05, 4.69) is 79.0 Å². The van der Waals surface area contributed by atoms with Crippen LogP contribution in [-0.2, 0) is 14.2 Å². The highest BCUT2D eigenvalue weighted by Gasteiger charge is 2.51. The number of para-hydroxylation sites is 2. The van der Waals surface area contributed by atoms with Crippen LogP contribution in [0, 0.1) is 10.8 Å². The number of hydrogen-bond donors (Lipinski definition) is 2. The molecule has 9 aromatic rings. The number of carbonyl (C=O) groups excluding carboxylic acids is 1. The van der Waals surface area contributed by atoms with Crippen molar-refractivity contribution >= 4 is 90.5 Å². The molecule has 4 aliphatic heterocycles. The molecule has 0 aliphatic carbocycles. The van der Waals surface area contributed by atoms with Gasteiger partial charge in [-0.15, -0.1) is 0 Å². The van der Waals surface area contributed by atoms with Gasteiger partial charge in [-0.05, 0) is 100 Å². The van der Waals surface area contributed by atoms with E-state index in [1.807, 2.05) is 114 Å². The van der Waals surface area contributed by atoms with Gasteiger partial charge in [-0.2, -0.15) is 5.10 Å². The number of benzene rings is 2. The smallest absolute Gasteiger partial charge is 0.407 e. The number of rotatable bonds is 8. The standard InChI is InChI=1S/C29H33BrN6O3S.C26H27N9OS.2CH4/c1-18-24(34-27(37)39-28(2,3)4)29(17-38-18)9-13-35(14-10-29)26-33-16-22(25-32-12-15-36(25)26)40-21-8-11-31-23-19(21)6-5-7-20(23)30;1-17-23(27)26(14-36-17)6-10-33(11-7-26)25-31-13-21(24-30-9-12-34(24)25)37-20-5-8-29-22-18(20)3-2-4-19(22)35-16-28-15-32-35;;/h5-8,11-12,15-16,18,24H,9-10,13-14,17H2,1-4H3,(H,34,37);2-5,8-9,12-13,15-17,23H,6-7,10-11,14,27H2,1H3;2*1H4/t18-,24+;17-,23+;;/m00../s1. The number of halogens is 1. The zero-order chi connectivity index (χ0) is 53.1. The summed E-state index contributed by atoms with van der Waals surface area (Å²) in [5.74, 6) is 1.79. The van der Waals surface area contributed by atoms with E-state index in [0.29, 0.717) is 6.61 Å². The molecule has 4 atom stereocenters. The number of nitrogens with two attached hydrogens (primary N) is 1. The molecule has 0 radical (unpaired) electrons. The van der Waals surface area contributed by atoms with Crippen LogP contribution in [0.5, 0.6) is 0 Å². The van der Waals surface area contributed by atoms with E-state index in [0.717, 1.165) is 133 Å². The molecular formula is C57H68BrN15O4S2. The Hall–Kier alpha value is -6.43. The summed E-state index contributed by atoms with van der Waals surface area (Å²) in [6.07, 6.45) is 21.8. The SMILES string of the molecule is C.C.C[C@@H]1OCC2(CCN(c3ncc(Sc4ccnc5c(-n6cncn6)cccc45)c4nccn34)CC2)[C@@H]1N.C[C@@H]1OCC2(CCN(c3ncc(Sc4ccnc5c(Br)cccc45)c4nccn34)CC2)[C@@H]1NC(=O)OC(C)(C)C. The zero-order valence-electron chi connectivity index (χ0n) is 43.5. The molecule has 3 N–H and O–H groups in total. The largest absolute Gasteiger partial charge is 0.444 e. The number of amides is 1. The maximum atomic E-state index is 12.6. The lowest BCUT2D eigenvalue weighted by Crippen LogP contribution is -2.55. The van der Waals surface area contributed by atoms with Gasteiger partial charge < -0.3 is 35.1 Å². The van der Waals surface area contributed by atoms with Gasteiger partial charge in [-0.3, -0.25) is 18.8 Å². The van der Waals surface area contributed by atoms with E-state index < -0.39 is 5.60 Å². The van der Waals surface area contributed by atoms with Gasteiger partial charge in [0.25, 0.3) is 0 Å². The van der Waals surface area contributed by atoms with Crippen LogP contribution in [0.1, 0.15) is 75.2 Å². The summed E-state index contributed by atoms with van der Waals surface area (Å²) >= 11 is 6.91. The van der Waals surface area contributed by atoms with Crippen LogP contribution >= 0.6 is 39.5 Å². The van der Waals surface area contributed by atoms with Gasteiger partial charge in [-0.25, -0.2) is 34.4 Å². The maximum Gasteiger partial charge on any atom is 0.407 e. The topological polar surface area (TPSA) is 206 Å². The average Bonchev–Trinajstić information content (AvgIpc) is 4.45. The molecule has 2 spiro atoms. The van der Waals surface area contributed by atoms with Gasteiger partial charge in [0, 0.05) is 118 Å². The van der Waals surface area contributed by atoms with Gasteiger partial charge >= 0.3 is 6.09 Å². The molecule has 79 heavy (non-hydrogen) atoms. The number of aromatic nitrogens is 11. The normalized spacial score (nSPS) is 20.6. The number of nitrogens with one attached hydrogen (secondary N) is 1. The molecule has 0 saturated carbocycles. The molecule has 4 fully saturated rings. The number of anilines is 2. The predicted molar refractivity (Wildman–Crippen MR) is 314 cm³/mol.